The molecule has 2 N–H and O–H groups in total. The molecule has 0 aliphatic heterocycles. The number of fused-ring (bicyclic) bond motifs is 3. The van der Waals surface area contributed by atoms with Crippen LogP contribution < -0.4 is 5.73 Å². The van der Waals surface area contributed by atoms with Crippen LogP contribution in [0.2, 0.25) is 0 Å². The first-order chi connectivity index (χ1) is 11.3. The van der Waals surface area contributed by atoms with Gasteiger partial charge >= 0.3 is 0 Å². The van der Waals surface area contributed by atoms with E-state index in [-0.39, 0.29) is 0 Å². The second kappa shape index (κ2) is 4.62. The van der Waals surface area contributed by atoms with E-state index in [2.05, 4.69) is 52.2 Å². The van der Waals surface area contributed by atoms with E-state index in [1.165, 1.54) is 34.6 Å². The van der Waals surface area contributed by atoms with Gasteiger partial charge in [0.05, 0.1) is 0 Å². The number of benzene rings is 2. The van der Waals surface area contributed by atoms with E-state index < -0.39 is 0 Å². The smallest absolute Gasteiger partial charge is 0.169 e. The molecule has 0 amide bonds. The molecule has 0 unspecified atom stereocenters. The maximum absolute atomic E-state index is 5.68. The molecule has 2 heterocycles. The monoisotopic (exact) mass is 303 g/mol. The van der Waals surface area contributed by atoms with Crippen molar-refractivity contribution in [3.8, 4) is 11.3 Å². The van der Waals surface area contributed by atoms with Gasteiger partial charge < -0.3 is 14.8 Å². The molecule has 0 saturated heterocycles. The summed E-state index contributed by atoms with van der Waals surface area (Å²) >= 11 is 0. The molecule has 2 aromatic carbocycles. The second-order valence-corrected chi connectivity index (χ2v) is 6.42. The lowest BCUT2D eigenvalue weighted by Crippen LogP contribution is -1.98. The Morgan fingerprint density at radius 3 is 2.65 bits per heavy atom. The van der Waals surface area contributed by atoms with E-state index in [0.717, 1.165) is 18.0 Å². The number of rotatable bonds is 3. The van der Waals surface area contributed by atoms with Gasteiger partial charge in [-0.3, -0.25) is 0 Å². The fourth-order valence-corrected chi connectivity index (χ4v) is 3.39. The maximum atomic E-state index is 5.68. The van der Waals surface area contributed by atoms with Gasteiger partial charge in [0.25, 0.3) is 0 Å². The summed E-state index contributed by atoms with van der Waals surface area (Å²) in [5.41, 5.74) is 9.28. The highest BCUT2D eigenvalue weighted by molar-refractivity contribution is 6.09. The maximum Gasteiger partial charge on any atom is 0.169 e. The van der Waals surface area contributed by atoms with Crippen LogP contribution in [0.1, 0.15) is 12.8 Å². The first-order valence-electron chi connectivity index (χ1n) is 8.03. The van der Waals surface area contributed by atoms with Crippen molar-refractivity contribution >= 4 is 27.6 Å². The zero-order valence-electron chi connectivity index (χ0n) is 12.7. The number of para-hydroxylation sites is 1. The van der Waals surface area contributed by atoms with Gasteiger partial charge in [0, 0.05) is 40.0 Å². The molecular weight excluding hydrogens is 286 g/mol. The van der Waals surface area contributed by atoms with Crippen LogP contribution >= 0.6 is 0 Å². The minimum atomic E-state index is 0.413. The lowest BCUT2D eigenvalue weighted by molar-refractivity contribution is 0.436. The summed E-state index contributed by atoms with van der Waals surface area (Å²) in [4.78, 5) is 0. The molecule has 0 bridgehead atoms. The molecule has 23 heavy (non-hydrogen) atoms. The third-order valence-electron chi connectivity index (χ3n) is 4.72. The van der Waals surface area contributed by atoms with Gasteiger partial charge in [-0.2, -0.15) is 0 Å². The van der Waals surface area contributed by atoms with Crippen molar-refractivity contribution in [2.45, 2.75) is 19.4 Å². The molecule has 114 valence electrons. The van der Waals surface area contributed by atoms with Crippen molar-refractivity contribution in [2.75, 3.05) is 5.73 Å². The van der Waals surface area contributed by atoms with E-state index in [0.29, 0.717) is 11.6 Å². The van der Waals surface area contributed by atoms with Crippen molar-refractivity contribution in [1.82, 2.24) is 9.72 Å². The average Bonchev–Trinajstić information content (AvgIpc) is 3.22. The van der Waals surface area contributed by atoms with Crippen LogP contribution in [0.5, 0.6) is 0 Å². The average molecular weight is 303 g/mol. The summed E-state index contributed by atoms with van der Waals surface area (Å²) in [6.45, 7) is 1.11. The van der Waals surface area contributed by atoms with Crippen molar-refractivity contribution in [3.05, 3.63) is 48.5 Å². The zero-order valence-corrected chi connectivity index (χ0v) is 12.7. The number of anilines is 1. The molecule has 1 fully saturated rings. The zero-order chi connectivity index (χ0) is 15.4. The number of hydrogen-bond donors (Lipinski definition) is 1. The fraction of sp³-hybridized carbons (Fsp3) is 0.211. The number of hydrogen-bond acceptors (Lipinski definition) is 3. The minimum absolute atomic E-state index is 0.413. The first-order valence-corrected chi connectivity index (χ1v) is 8.03. The number of nitrogens with two attached hydrogens (primary N) is 1. The van der Waals surface area contributed by atoms with E-state index in [1.54, 1.807) is 6.07 Å². The second-order valence-electron chi connectivity index (χ2n) is 6.42. The van der Waals surface area contributed by atoms with Gasteiger partial charge in [-0.1, -0.05) is 23.4 Å². The molecule has 1 saturated carbocycles. The van der Waals surface area contributed by atoms with E-state index >= 15 is 0 Å². The van der Waals surface area contributed by atoms with E-state index in [1.807, 2.05) is 0 Å². The van der Waals surface area contributed by atoms with Gasteiger partial charge in [0.2, 0.25) is 0 Å². The molecule has 0 spiro atoms. The predicted octanol–water partition coefficient (Wildman–Crippen LogP) is 4.44. The third kappa shape index (κ3) is 2.02. The Hall–Kier alpha value is -2.75. The van der Waals surface area contributed by atoms with E-state index in [9.17, 15) is 0 Å². The Bertz CT molecular complexity index is 1020. The molecule has 0 atom stereocenters. The van der Waals surface area contributed by atoms with Crippen LogP contribution in [0.15, 0.2) is 53.1 Å². The topological polar surface area (TPSA) is 57.0 Å². The van der Waals surface area contributed by atoms with Crippen LogP contribution in [0.25, 0.3) is 33.1 Å². The van der Waals surface area contributed by atoms with Crippen molar-refractivity contribution in [3.63, 3.8) is 0 Å². The van der Waals surface area contributed by atoms with Gasteiger partial charge in [-0.25, -0.2) is 0 Å². The third-order valence-corrected chi connectivity index (χ3v) is 4.72. The Balaban J connectivity index is 1.77. The molecule has 4 aromatic rings. The summed E-state index contributed by atoms with van der Waals surface area (Å²) in [6, 6.07) is 16.8. The molecule has 2 aromatic heterocycles. The summed E-state index contributed by atoms with van der Waals surface area (Å²) in [7, 11) is 0. The van der Waals surface area contributed by atoms with Crippen LogP contribution in [0, 0.1) is 5.92 Å². The molecule has 4 nitrogen and oxygen atoms in total. The Kier molecular flexibility index (Phi) is 2.56. The molecule has 5 rings (SSSR count). The van der Waals surface area contributed by atoms with Crippen molar-refractivity contribution in [2.24, 2.45) is 5.92 Å². The van der Waals surface area contributed by atoms with Crippen LogP contribution in [-0.2, 0) is 6.54 Å². The normalized spacial score (nSPS) is 14.8. The van der Waals surface area contributed by atoms with E-state index in [4.69, 9.17) is 10.3 Å². The summed E-state index contributed by atoms with van der Waals surface area (Å²) in [5.74, 6) is 1.96. The van der Waals surface area contributed by atoms with Gasteiger partial charge in [0.15, 0.2) is 11.6 Å². The molecular formula is C19H17N3O. The SMILES string of the molecule is Nc1cc(-c2ccc3c(c2)c2ccccc2n3CC2CC2)on1. The standard InChI is InChI=1S/C19H17N3O/c20-19-10-18(23-21-19)13-7-8-17-15(9-13)14-3-1-2-4-16(14)22(17)11-12-5-6-12/h1-4,7-10,12H,5-6,11H2,(H2,20,21). The lowest BCUT2D eigenvalue weighted by atomic mass is 10.1. The Morgan fingerprint density at radius 2 is 1.87 bits per heavy atom. The summed E-state index contributed by atoms with van der Waals surface area (Å²) in [5, 5.41) is 6.33. The van der Waals surface area contributed by atoms with Crippen LogP contribution in [0.4, 0.5) is 5.82 Å². The molecule has 0 radical (unpaired) electrons. The number of nitrogen functional groups attached to an aromatic ring is 1. The largest absolute Gasteiger partial charge is 0.381 e. The molecule has 1 aliphatic carbocycles. The summed E-state index contributed by atoms with van der Waals surface area (Å²) in [6.07, 6.45) is 2.70. The highest BCUT2D eigenvalue weighted by atomic mass is 16.5. The number of nitrogens with zero attached hydrogens (tertiary/aromatic N) is 2. The predicted molar refractivity (Wildman–Crippen MR) is 92.1 cm³/mol. The molecule has 4 heteroatoms. The van der Waals surface area contributed by atoms with Gasteiger partial charge in [-0.05, 0) is 43.0 Å². The summed E-state index contributed by atoms with van der Waals surface area (Å²) < 4.78 is 7.77. The van der Waals surface area contributed by atoms with Gasteiger partial charge in [-0.15, -0.1) is 0 Å². The van der Waals surface area contributed by atoms with Crippen LogP contribution in [-0.4, -0.2) is 9.72 Å². The van der Waals surface area contributed by atoms with Crippen LogP contribution in [0.3, 0.4) is 0 Å². The highest BCUT2D eigenvalue weighted by Crippen LogP contribution is 2.37. The lowest BCUT2D eigenvalue weighted by Gasteiger charge is -2.06. The minimum Gasteiger partial charge on any atom is -0.381 e. The Labute approximate surface area is 133 Å². The Morgan fingerprint density at radius 1 is 1.04 bits per heavy atom. The van der Waals surface area contributed by atoms with Crippen molar-refractivity contribution in [1.29, 1.82) is 0 Å². The highest BCUT2D eigenvalue weighted by Gasteiger charge is 2.23. The fourth-order valence-electron chi connectivity index (χ4n) is 3.39. The molecule has 1 aliphatic rings. The quantitative estimate of drug-likeness (QED) is 0.608. The number of aromatic nitrogens is 2. The van der Waals surface area contributed by atoms with Crippen molar-refractivity contribution < 1.29 is 4.52 Å². The van der Waals surface area contributed by atoms with Gasteiger partial charge in [0.1, 0.15) is 0 Å². The first kappa shape index (κ1) is 12.8.